The highest BCUT2D eigenvalue weighted by Gasteiger charge is 2.23. The van der Waals surface area contributed by atoms with E-state index in [0.717, 1.165) is 38.3 Å². The van der Waals surface area contributed by atoms with Crippen LogP contribution in [0.2, 0.25) is 0 Å². The predicted molar refractivity (Wildman–Crippen MR) is 104 cm³/mol. The zero-order chi connectivity index (χ0) is 19.8. The monoisotopic (exact) mass is 377 g/mol. The summed E-state index contributed by atoms with van der Waals surface area (Å²) in [4.78, 5) is 29.6. The lowest BCUT2D eigenvalue weighted by molar-refractivity contribution is -0.140. The fraction of sp³-hybridized carbons (Fsp3) is 0.600. The van der Waals surface area contributed by atoms with Crippen molar-refractivity contribution in [1.29, 1.82) is 0 Å². The molecule has 0 aliphatic carbocycles. The van der Waals surface area contributed by atoms with Crippen LogP contribution in [0.3, 0.4) is 0 Å². The van der Waals surface area contributed by atoms with Crippen molar-refractivity contribution in [2.45, 2.75) is 32.9 Å². The number of hydrogen-bond donors (Lipinski definition) is 1. The Kier molecular flexibility index (Phi) is 8.06. The first-order valence-corrected chi connectivity index (χ1v) is 9.48. The van der Waals surface area contributed by atoms with Gasteiger partial charge < -0.3 is 14.7 Å². The van der Waals surface area contributed by atoms with Gasteiger partial charge in [-0.05, 0) is 38.0 Å². The molecule has 1 amide bonds. The Morgan fingerprint density at radius 3 is 2.41 bits per heavy atom. The van der Waals surface area contributed by atoms with Gasteiger partial charge in [-0.15, -0.1) is 0 Å². The first-order chi connectivity index (χ1) is 12.9. The molecule has 1 fully saturated rings. The molecule has 1 saturated heterocycles. The normalized spacial score (nSPS) is 15.8. The maximum Gasteiger partial charge on any atom is 0.317 e. The van der Waals surface area contributed by atoms with Crippen LogP contribution >= 0.6 is 0 Å². The summed E-state index contributed by atoms with van der Waals surface area (Å²) < 4.78 is 5.19. The lowest BCUT2D eigenvalue weighted by Crippen LogP contribution is -2.45. The van der Waals surface area contributed by atoms with Gasteiger partial charge in [0.2, 0.25) is 5.91 Å². The second-order valence-corrected chi connectivity index (χ2v) is 7.25. The molecule has 2 rings (SSSR count). The summed E-state index contributed by atoms with van der Waals surface area (Å²) >= 11 is 0. The van der Waals surface area contributed by atoms with E-state index in [-0.39, 0.29) is 25.0 Å². The van der Waals surface area contributed by atoms with Crippen LogP contribution in [0.4, 0.5) is 0 Å². The third kappa shape index (κ3) is 6.84. The minimum Gasteiger partial charge on any atom is -0.497 e. The second-order valence-electron chi connectivity index (χ2n) is 7.25. The molecular formula is C20H31N3O4. The minimum absolute atomic E-state index is 0.0104. The number of methoxy groups -OCH3 is 1. The molecule has 0 saturated carbocycles. The molecular weight excluding hydrogens is 346 g/mol. The van der Waals surface area contributed by atoms with Gasteiger partial charge in [0, 0.05) is 38.8 Å². The fourth-order valence-electron chi connectivity index (χ4n) is 3.24. The number of carboxylic acids is 1. The molecule has 27 heavy (non-hydrogen) atoms. The molecule has 0 spiro atoms. The molecule has 0 aromatic heterocycles. The van der Waals surface area contributed by atoms with Crippen molar-refractivity contribution in [3.05, 3.63) is 29.8 Å². The molecule has 1 aromatic rings. The number of hydrogen-bond acceptors (Lipinski definition) is 5. The molecule has 1 aliphatic rings. The van der Waals surface area contributed by atoms with E-state index in [4.69, 9.17) is 9.84 Å². The number of carbonyl (C=O) groups excluding carboxylic acids is 1. The number of carbonyl (C=O) groups is 2. The van der Waals surface area contributed by atoms with E-state index in [9.17, 15) is 9.59 Å². The maximum absolute atomic E-state index is 12.6. The van der Waals surface area contributed by atoms with Gasteiger partial charge in [0.25, 0.3) is 0 Å². The molecule has 150 valence electrons. The topological polar surface area (TPSA) is 73.3 Å². The van der Waals surface area contributed by atoms with Crippen LogP contribution in [-0.2, 0) is 16.1 Å². The van der Waals surface area contributed by atoms with E-state index in [0.29, 0.717) is 6.54 Å². The summed E-state index contributed by atoms with van der Waals surface area (Å²) in [6.07, 6.45) is 0.919. The van der Waals surface area contributed by atoms with Gasteiger partial charge in [-0.25, -0.2) is 0 Å². The average Bonchev–Trinajstić information content (AvgIpc) is 2.87. The number of aliphatic carboxylic acids is 1. The first-order valence-electron chi connectivity index (χ1n) is 9.48. The maximum atomic E-state index is 12.6. The lowest BCUT2D eigenvalue weighted by atomic mass is 10.2. The first kappa shape index (κ1) is 21.2. The van der Waals surface area contributed by atoms with Crippen LogP contribution in [0.5, 0.6) is 5.75 Å². The van der Waals surface area contributed by atoms with Crippen LogP contribution in [0.15, 0.2) is 24.3 Å². The zero-order valence-corrected chi connectivity index (χ0v) is 16.6. The van der Waals surface area contributed by atoms with Crippen LogP contribution in [0.1, 0.15) is 25.8 Å². The number of ether oxygens (including phenoxy) is 1. The molecule has 0 radical (unpaired) electrons. The highest BCUT2D eigenvalue weighted by molar-refractivity contribution is 5.79. The largest absolute Gasteiger partial charge is 0.497 e. The molecule has 7 nitrogen and oxygen atoms in total. The van der Waals surface area contributed by atoms with E-state index in [1.54, 1.807) is 12.0 Å². The average molecular weight is 377 g/mol. The van der Waals surface area contributed by atoms with Crippen molar-refractivity contribution in [3.8, 4) is 5.75 Å². The van der Waals surface area contributed by atoms with Gasteiger partial charge in [-0.3, -0.25) is 19.4 Å². The third-order valence-corrected chi connectivity index (χ3v) is 4.91. The van der Waals surface area contributed by atoms with E-state index >= 15 is 0 Å². The predicted octanol–water partition coefficient (Wildman–Crippen LogP) is 1.52. The molecule has 0 atom stereocenters. The van der Waals surface area contributed by atoms with Crippen molar-refractivity contribution in [2.75, 3.05) is 46.4 Å². The Balaban J connectivity index is 1.87. The molecule has 1 aliphatic heterocycles. The zero-order valence-electron chi connectivity index (χ0n) is 16.6. The molecule has 0 bridgehead atoms. The summed E-state index contributed by atoms with van der Waals surface area (Å²) in [5.41, 5.74) is 1.23. The van der Waals surface area contributed by atoms with E-state index in [1.807, 2.05) is 30.9 Å². The van der Waals surface area contributed by atoms with Crippen molar-refractivity contribution in [3.63, 3.8) is 0 Å². The van der Waals surface area contributed by atoms with Gasteiger partial charge >= 0.3 is 5.97 Å². The van der Waals surface area contributed by atoms with E-state index in [1.165, 1.54) is 5.56 Å². The summed E-state index contributed by atoms with van der Waals surface area (Å²) in [6, 6.07) is 8.08. The number of carboxylic acid groups (broad SMARTS) is 1. The molecule has 1 N–H and O–H groups in total. The van der Waals surface area contributed by atoms with Crippen LogP contribution in [0.25, 0.3) is 0 Å². The fourth-order valence-corrected chi connectivity index (χ4v) is 3.24. The number of benzene rings is 1. The smallest absolute Gasteiger partial charge is 0.317 e. The van der Waals surface area contributed by atoms with Crippen LogP contribution in [-0.4, -0.2) is 84.1 Å². The summed E-state index contributed by atoms with van der Waals surface area (Å²) in [7, 11) is 1.66. The Morgan fingerprint density at radius 2 is 1.81 bits per heavy atom. The summed E-state index contributed by atoms with van der Waals surface area (Å²) in [5, 5.41) is 9.03. The van der Waals surface area contributed by atoms with Gasteiger partial charge in [0.05, 0.1) is 20.2 Å². The van der Waals surface area contributed by atoms with Crippen LogP contribution in [0, 0.1) is 0 Å². The molecule has 0 unspecified atom stereocenters. The third-order valence-electron chi connectivity index (χ3n) is 4.91. The number of amides is 1. The Labute approximate surface area is 161 Å². The Bertz CT molecular complexity index is 618. The minimum atomic E-state index is -0.905. The summed E-state index contributed by atoms with van der Waals surface area (Å²) in [5.74, 6) is -0.0447. The SMILES string of the molecule is COc1ccc(CN2CCCN(C(=O)CN(CC(=O)O)C(C)C)CC2)cc1. The molecule has 1 heterocycles. The summed E-state index contributed by atoms with van der Waals surface area (Å²) in [6.45, 7) is 7.87. The van der Waals surface area contributed by atoms with Crippen molar-refractivity contribution >= 4 is 11.9 Å². The lowest BCUT2D eigenvalue weighted by Gasteiger charge is -2.28. The van der Waals surface area contributed by atoms with Crippen molar-refractivity contribution in [1.82, 2.24) is 14.7 Å². The number of nitrogens with zero attached hydrogens (tertiary/aromatic N) is 3. The van der Waals surface area contributed by atoms with E-state index < -0.39 is 5.97 Å². The second kappa shape index (κ2) is 10.3. The highest BCUT2D eigenvalue weighted by atomic mass is 16.5. The Hall–Kier alpha value is -2.12. The molecule has 1 aromatic carbocycles. The quantitative estimate of drug-likeness (QED) is 0.741. The van der Waals surface area contributed by atoms with Gasteiger partial charge in [0.1, 0.15) is 5.75 Å². The van der Waals surface area contributed by atoms with Gasteiger partial charge in [-0.1, -0.05) is 12.1 Å². The number of rotatable bonds is 8. The van der Waals surface area contributed by atoms with Crippen molar-refractivity contribution in [2.24, 2.45) is 0 Å². The van der Waals surface area contributed by atoms with Gasteiger partial charge in [-0.2, -0.15) is 0 Å². The highest BCUT2D eigenvalue weighted by Crippen LogP contribution is 2.14. The van der Waals surface area contributed by atoms with Gasteiger partial charge in [0.15, 0.2) is 0 Å². The van der Waals surface area contributed by atoms with Crippen molar-refractivity contribution < 1.29 is 19.4 Å². The Morgan fingerprint density at radius 1 is 1.11 bits per heavy atom. The van der Waals surface area contributed by atoms with E-state index in [2.05, 4.69) is 17.0 Å². The molecule has 7 heteroatoms. The standard InChI is InChI=1S/C20H31N3O4/c1-16(2)23(15-20(25)26)14-19(24)22-10-4-9-21(11-12-22)13-17-5-7-18(27-3)8-6-17/h5-8,16H,4,9-15H2,1-3H3,(H,25,26). The van der Waals surface area contributed by atoms with Crippen LogP contribution < -0.4 is 4.74 Å².